The maximum absolute atomic E-state index is 4.70. The van der Waals surface area contributed by atoms with Gasteiger partial charge in [-0.15, -0.1) is 0 Å². The summed E-state index contributed by atoms with van der Waals surface area (Å²) < 4.78 is 0. The van der Waals surface area contributed by atoms with Gasteiger partial charge in [-0.3, -0.25) is 0 Å². The number of benzene rings is 1. The summed E-state index contributed by atoms with van der Waals surface area (Å²) in [7, 11) is 1.91. The molecule has 4 nitrogen and oxygen atoms in total. The molecule has 0 saturated carbocycles. The van der Waals surface area contributed by atoms with E-state index in [-0.39, 0.29) is 0 Å². The molecule has 2 aromatic heterocycles. The second kappa shape index (κ2) is 5.00. The molecule has 0 fully saturated rings. The smallest absolute Gasteiger partial charge is 0.180 e. The zero-order valence-electron chi connectivity index (χ0n) is 11.6. The van der Waals surface area contributed by atoms with Gasteiger partial charge in [-0.05, 0) is 12.1 Å². The Kier molecular flexibility index (Phi) is 3.00. The highest BCUT2D eigenvalue weighted by molar-refractivity contribution is 7.98. The first-order valence-electron chi connectivity index (χ1n) is 6.86. The topological polar surface area (TPSA) is 50.7 Å². The van der Waals surface area contributed by atoms with E-state index in [1.165, 1.54) is 5.56 Å². The lowest BCUT2D eigenvalue weighted by Gasteiger charge is -2.09. The lowest BCUT2D eigenvalue weighted by atomic mass is 10.2. The van der Waals surface area contributed by atoms with E-state index in [2.05, 4.69) is 27.4 Å². The molecule has 3 aromatic rings. The Bertz CT molecular complexity index is 832. The van der Waals surface area contributed by atoms with Crippen LogP contribution < -0.4 is 5.32 Å². The minimum absolute atomic E-state index is 0.700. The van der Waals surface area contributed by atoms with Gasteiger partial charge in [0.2, 0.25) is 0 Å². The molecular formula is C16H14N4S. The lowest BCUT2D eigenvalue weighted by molar-refractivity contribution is 1.06. The molecule has 0 aliphatic carbocycles. The van der Waals surface area contributed by atoms with Gasteiger partial charge < -0.3 is 5.32 Å². The Balaban J connectivity index is 1.88. The Morgan fingerprint density at radius 3 is 2.81 bits per heavy atom. The van der Waals surface area contributed by atoms with Gasteiger partial charge in [0.25, 0.3) is 0 Å². The normalized spacial score (nSPS) is 13.4. The van der Waals surface area contributed by atoms with E-state index < -0.39 is 0 Å². The Morgan fingerprint density at radius 2 is 1.90 bits per heavy atom. The maximum atomic E-state index is 4.70. The second-order valence-corrected chi connectivity index (χ2v) is 5.94. The summed E-state index contributed by atoms with van der Waals surface area (Å²) >= 11 is 1.88. The third-order valence-electron chi connectivity index (χ3n) is 3.64. The van der Waals surface area contributed by atoms with E-state index in [0.717, 1.165) is 39.6 Å². The van der Waals surface area contributed by atoms with E-state index in [4.69, 9.17) is 4.98 Å². The third-order valence-corrected chi connectivity index (χ3v) is 4.61. The van der Waals surface area contributed by atoms with Gasteiger partial charge in [0.1, 0.15) is 11.5 Å². The van der Waals surface area contributed by atoms with Gasteiger partial charge in [0.05, 0.1) is 11.2 Å². The van der Waals surface area contributed by atoms with Gasteiger partial charge in [-0.1, -0.05) is 24.3 Å². The van der Waals surface area contributed by atoms with E-state index in [0.29, 0.717) is 5.82 Å². The number of aromatic nitrogens is 3. The molecule has 4 rings (SSSR count). The molecule has 1 aliphatic heterocycles. The molecule has 5 heteroatoms. The van der Waals surface area contributed by atoms with Crippen molar-refractivity contribution in [3.8, 4) is 11.5 Å². The molecule has 3 heterocycles. The van der Waals surface area contributed by atoms with Crippen LogP contribution in [0.1, 0.15) is 11.3 Å². The summed E-state index contributed by atoms with van der Waals surface area (Å²) in [5.41, 5.74) is 4.15. The molecule has 0 atom stereocenters. The fourth-order valence-electron chi connectivity index (χ4n) is 2.56. The second-order valence-electron chi connectivity index (χ2n) is 4.95. The Labute approximate surface area is 127 Å². The summed E-state index contributed by atoms with van der Waals surface area (Å²) in [6.07, 6.45) is 0. The van der Waals surface area contributed by atoms with Crippen molar-refractivity contribution in [1.82, 2.24) is 15.0 Å². The molecular weight excluding hydrogens is 280 g/mol. The van der Waals surface area contributed by atoms with Crippen LogP contribution in [-0.2, 0) is 11.5 Å². The molecule has 1 aromatic carbocycles. The van der Waals surface area contributed by atoms with Crippen LogP contribution >= 0.6 is 11.8 Å². The molecule has 21 heavy (non-hydrogen) atoms. The highest BCUT2D eigenvalue weighted by Crippen LogP contribution is 2.34. The van der Waals surface area contributed by atoms with Gasteiger partial charge in [-0.2, -0.15) is 11.8 Å². The summed E-state index contributed by atoms with van der Waals surface area (Å²) in [5, 5.41) is 4.31. The van der Waals surface area contributed by atoms with E-state index in [1.807, 2.05) is 43.1 Å². The average molecular weight is 294 g/mol. The van der Waals surface area contributed by atoms with Crippen LogP contribution in [0, 0.1) is 0 Å². The monoisotopic (exact) mass is 294 g/mol. The third kappa shape index (κ3) is 2.14. The molecule has 0 saturated heterocycles. The molecule has 0 amide bonds. The van der Waals surface area contributed by atoms with Crippen molar-refractivity contribution in [2.75, 3.05) is 12.4 Å². The molecule has 1 aliphatic rings. The SMILES string of the molecule is CNc1nc(-c2ccc3ccccc3n2)nc2c1CSC2. The zero-order chi connectivity index (χ0) is 14.2. The van der Waals surface area contributed by atoms with E-state index >= 15 is 0 Å². The van der Waals surface area contributed by atoms with Crippen LogP contribution in [0.25, 0.3) is 22.4 Å². The van der Waals surface area contributed by atoms with Gasteiger partial charge in [-0.25, -0.2) is 15.0 Å². The number of thioether (sulfide) groups is 1. The standard InChI is InChI=1S/C16H14N4S/c1-17-15-11-8-21-9-14(11)19-16(20-15)13-7-6-10-4-2-3-5-12(10)18-13/h2-7H,8-9H2,1H3,(H,17,19,20). The van der Waals surface area contributed by atoms with Crippen molar-refractivity contribution < 1.29 is 0 Å². The van der Waals surface area contributed by atoms with Gasteiger partial charge >= 0.3 is 0 Å². The molecule has 0 unspecified atom stereocenters. The number of nitrogens with zero attached hydrogens (tertiary/aromatic N) is 3. The Morgan fingerprint density at radius 1 is 1.00 bits per heavy atom. The lowest BCUT2D eigenvalue weighted by Crippen LogP contribution is -2.04. The fourth-order valence-corrected chi connectivity index (χ4v) is 3.60. The number of para-hydroxylation sites is 1. The van der Waals surface area contributed by atoms with Crippen molar-refractivity contribution in [3.63, 3.8) is 0 Å². The number of rotatable bonds is 2. The quantitative estimate of drug-likeness (QED) is 0.784. The highest BCUT2D eigenvalue weighted by atomic mass is 32.2. The number of fused-ring (bicyclic) bond motifs is 2. The van der Waals surface area contributed by atoms with E-state index in [1.54, 1.807) is 0 Å². The Hall–Kier alpha value is -2.14. The number of hydrogen-bond acceptors (Lipinski definition) is 5. The first kappa shape index (κ1) is 12.6. The minimum atomic E-state index is 0.700. The summed E-state index contributed by atoms with van der Waals surface area (Å²) in [5.74, 6) is 3.56. The van der Waals surface area contributed by atoms with Crippen LogP contribution in [0.2, 0.25) is 0 Å². The molecule has 1 N–H and O–H groups in total. The zero-order valence-corrected chi connectivity index (χ0v) is 12.4. The van der Waals surface area contributed by atoms with Crippen LogP contribution in [-0.4, -0.2) is 22.0 Å². The van der Waals surface area contributed by atoms with Crippen LogP contribution in [0.15, 0.2) is 36.4 Å². The van der Waals surface area contributed by atoms with Crippen molar-refractivity contribution in [2.45, 2.75) is 11.5 Å². The number of nitrogens with one attached hydrogen (secondary N) is 1. The minimum Gasteiger partial charge on any atom is -0.373 e. The number of pyridine rings is 1. The van der Waals surface area contributed by atoms with E-state index in [9.17, 15) is 0 Å². The van der Waals surface area contributed by atoms with Gasteiger partial charge in [0, 0.05) is 29.5 Å². The first-order chi connectivity index (χ1) is 10.3. The van der Waals surface area contributed by atoms with Crippen LogP contribution in [0.3, 0.4) is 0 Å². The predicted molar refractivity (Wildman–Crippen MR) is 87.3 cm³/mol. The van der Waals surface area contributed by atoms with Gasteiger partial charge in [0.15, 0.2) is 5.82 Å². The first-order valence-corrected chi connectivity index (χ1v) is 8.02. The molecule has 0 bridgehead atoms. The van der Waals surface area contributed by atoms with Crippen molar-refractivity contribution in [1.29, 1.82) is 0 Å². The molecule has 0 spiro atoms. The fraction of sp³-hybridized carbons (Fsp3) is 0.188. The van der Waals surface area contributed by atoms with Crippen molar-refractivity contribution in [2.24, 2.45) is 0 Å². The largest absolute Gasteiger partial charge is 0.373 e. The average Bonchev–Trinajstić information content (AvgIpc) is 3.02. The predicted octanol–water partition coefficient (Wildman–Crippen LogP) is 3.48. The number of hydrogen-bond donors (Lipinski definition) is 1. The summed E-state index contributed by atoms with van der Waals surface area (Å²) in [4.78, 5) is 14.0. The van der Waals surface area contributed by atoms with Crippen LogP contribution in [0.5, 0.6) is 0 Å². The van der Waals surface area contributed by atoms with Crippen molar-refractivity contribution >= 4 is 28.5 Å². The maximum Gasteiger partial charge on any atom is 0.180 e. The molecule has 0 radical (unpaired) electrons. The molecule has 104 valence electrons. The number of anilines is 1. The summed E-state index contributed by atoms with van der Waals surface area (Å²) in [6, 6.07) is 12.2. The van der Waals surface area contributed by atoms with Crippen molar-refractivity contribution in [3.05, 3.63) is 47.7 Å². The van der Waals surface area contributed by atoms with Crippen LogP contribution in [0.4, 0.5) is 5.82 Å². The summed E-state index contributed by atoms with van der Waals surface area (Å²) in [6.45, 7) is 0. The highest BCUT2D eigenvalue weighted by Gasteiger charge is 2.20.